The molecule has 0 bridgehead atoms. The topological polar surface area (TPSA) is 68.0 Å². The van der Waals surface area contributed by atoms with E-state index in [0.29, 0.717) is 11.6 Å². The number of aryl methyl sites for hydroxylation is 1. The molecule has 1 N–H and O–H groups in total. The molecule has 0 unspecified atom stereocenters. The molecule has 0 saturated heterocycles. The van der Waals surface area contributed by atoms with E-state index in [2.05, 4.69) is 15.5 Å². The Morgan fingerprint density at radius 2 is 1.96 bits per heavy atom. The van der Waals surface area contributed by atoms with Gasteiger partial charge in [0.2, 0.25) is 11.8 Å². The molecule has 0 fully saturated rings. The summed E-state index contributed by atoms with van der Waals surface area (Å²) in [7, 11) is 0. The van der Waals surface area contributed by atoms with E-state index in [1.807, 2.05) is 31.2 Å². The summed E-state index contributed by atoms with van der Waals surface area (Å²) >= 11 is 7.05. The highest BCUT2D eigenvalue weighted by molar-refractivity contribution is 8.00. The SMILES string of the molecule is Cc1ccc(-c2nnc(S[C@H](C)C(=O)Nc3ccc(F)cc3Cl)o2)cc1. The van der Waals surface area contributed by atoms with Crippen LogP contribution in [-0.4, -0.2) is 21.4 Å². The van der Waals surface area contributed by atoms with E-state index in [9.17, 15) is 9.18 Å². The highest BCUT2D eigenvalue weighted by atomic mass is 35.5. The maximum Gasteiger partial charge on any atom is 0.277 e. The van der Waals surface area contributed by atoms with Crippen molar-refractivity contribution in [2.75, 3.05) is 5.32 Å². The first-order valence-corrected chi connectivity index (χ1v) is 9.01. The van der Waals surface area contributed by atoms with Crippen LogP contribution in [0, 0.1) is 12.7 Å². The Hall–Kier alpha value is -2.38. The smallest absolute Gasteiger partial charge is 0.277 e. The van der Waals surface area contributed by atoms with Crippen LogP contribution in [0.4, 0.5) is 10.1 Å². The fourth-order valence-corrected chi connectivity index (χ4v) is 3.00. The van der Waals surface area contributed by atoms with Crippen LogP contribution in [-0.2, 0) is 4.79 Å². The van der Waals surface area contributed by atoms with Crippen molar-refractivity contribution in [2.24, 2.45) is 0 Å². The van der Waals surface area contributed by atoms with E-state index >= 15 is 0 Å². The molecule has 0 saturated carbocycles. The number of amides is 1. The Morgan fingerprint density at radius 3 is 2.65 bits per heavy atom. The van der Waals surface area contributed by atoms with Crippen LogP contribution in [0.15, 0.2) is 52.1 Å². The third-order valence-corrected chi connectivity index (χ3v) is 4.79. The largest absolute Gasteiger partial charge is 0.411 e. The average molecular weight is 392 g/mol. The van der Waals surface area contributed by atoms with E-state index in [1.54, 1.807) is 6.92 Å². The summed E-state index contributed by atoms with van der Waals surface area (Å²) in [5.74, 6) is -0.384. The number of rotatable bonds is 5. The standard InChI is InChI=1S/C18H15ClFN3O2S/c1-10-3-5-12(6-4-10)17-22-23-18(25-17)26-11(2)16(24)21-15-8-7-13(20)9-14(15)19/h3-9,11H,1-2H3,(H,21,24)/t11-/m1/s1. The molecule has 1 atom stereocenters. The quantitative estimate of drug-likeness (QED) is 0.623. The minimum absolute atomic E-state index is 0.134. The summed E-state index contributed by atoms with van der Waals surface area (Å²) < 4.78 is 18.7. The summed E-state index contributed by atoms with van der Waals surface area (Å²) in [6, 6.07) is 11.5. The van der Waals surface area contributed by atoms with Gasteiger partial charge in [-0.1, -0.05) is 41.1 Å². The molecule has 0 radical (unpaired) electrons. The molecule has 0 spiro atoms. The van der Waals surface area contributed by atoms with Gasteiger partial charge in [-0.15, -0.1) is 10.2 Å². The first-order chi connectivity index (χ1) is 12.4. The molecule has 134 valence electrons. The molecule has 0 aliphatic carbocycles. The van der Waals surface area contributed by atoms with Crippen molar-refractivity contribution in [3.63, 3.8) is 0 Å². The van der Waals surface area contributed by atoms with Gasteiger partial charge < -0.3 is 9.73 Å². The molecule has 0 aliphatic rings. The lowest BCUT2D eigenvalue weighted by molar-refractivity contribution is -0.115. The molecular formula is C18H15ClFN3O2S. The lowest BCUT2D eigenvalue weighted by Crippen LogP contribution is -2.22. The number of anilines is 1. The number of hydrogen-bond acceptors (Lipinski definition) is 5. The molecule has 3 rings (SSSR count). The summed E-state index contributed by atoms with van der Waals surface area (Å²) in [5.41, 5.74) is 2.29. The zero-order valence-electron chi connectivity index (χ0n) is 14.0. The molecule has 8 heteroatoms. The first kappa shape index (κ1) is 18.4. The summed E-state index contributed by atoms with van der Waals surface area (Å²) in [4.78, 5) is 12.3. The minimum Gasteiger partial charge on any atom is -0.411 e. The van der Waals surface area contributed by atoms with Crippen LogP contribution < -0.4 is 5.32 Å². The van der Waals surface area contributed by atoms with E-state index in [1.165, 1.54) is 12.1 Å². The second-order valence-electron chi connectivity index (χ2n) is 5.61. The Kier molecular flexibility index (Phi) is 5.58. The van der Waals surface area contributed by atoms with Crippen molar-refractivity contribution in [1.82, 2.24) is 10.2 Å². The number of hydrogen-bond donors (Lipinski definition) is 1. The lowest BCUT2D eigenvalue weighted by Gasteiger charge is -2.11. The number of carbonyl (C=O) groups excluding carboxylic acids is 1. The first-order valence-electron chi connectivity index (χ1n) is 7.75. The molecular weight excluding hydrogens is 377 g/mol. The molecule has 1 aromatic heterocycles. The third-order valence-electron chi connectivity index (χ3n) is 3.54. The van der Waals surface area contributed by atoms with Gasteiger partial charge in [0.25, 0.3) is 5.22 Å². The normalized spacial score (nSPS) is 12.0. The van der Waals surface area contributed by atoms with Crippen molar-refractivity contribution in [2.45, 2.75) is 24.3 Å². The Labute approximate surface area is 159 Å². The van der Waals surface area contributed by atoms with E-state index in [4.69, 9.17) is 16.0 Å². The molecule has 2 aromatic carbocycles. The third kappa shape index (κ3) is 4.42. The van der Waals surface area contributed by atoms with E-state index in [0.717, 1.165) is 29.0 Å². The zero-order chi connectivity index (χ0) is 18.7. The number of aromatic nitrogens is 2. The molecule has 0 aliphatic heterocycles. The van der Waals surface area contributed by atoms with Gasteiger partial charge in [0, 0.05) is 5.56 Å². The van der Waals surface area contributed by atoms with Gasteiger partial charge in [0.05, 0.1) is 16.0 Å². The monoisotopic (exact) mass is 391 g/mol. The highest BCUT2D eigenvalue weighted by Gasteiger charge is 2.19. The fourth-order valence-electron chi connectivity index (χ4n) is 2.10. The Bertz CT molecular complexity index is 930. The van der Waals surface area contributed by atoms with Gasteiger partial charge in [-0.25, -0.2) is 4.39 Å². The zero-order valence-corrected chi connectivity index (χ0v) is 15.6. The Balaban J connectivity index is 1.65. The van der Waals surface area contributed by atoms with Gasteiger partial charge in [0.1, 0.15) is 5.82 Å². The number of halogens is 2. The fraction of sp³-hybridized carbons (Fsp3) is 0.167. The van der Waals surface area contributed by atoms with Crippen LogP contribution in [0.3, 0.4) is 0 Å². The van der Waals surface area contributed by atoms with Crippen molar-refractivity contribution < 1.29 is 13.6 Å². The number of benzene rings is 2. The summed E-state index contributed by atoms with van der Waals surface area (Å²) in [6.07, 6.45) is 0. The van der Waals surface area contributed by atoms with Crippen LogP contribution in [0.1, 0.15) is 12.5 Å². The molecule has 1 heterocycles. The van der Waals surface area contributed by atoms with Gasteiger partial charge >= 0.3 is 0 Å². The highest BCUT2D eigenvalue weighted by Crippen LogP contribution is 2.28. The number of nitrogens with zero attached hydrogens (tertiary/aromatic N) is 2. The van der Waals surface area contributed by atoms with Gasteiger partial charge in [-0.05, 0) is 44.2 Å². The van der Waals surface area contributed by atoms with Gasteiger partial charge in [0.15, 0.2) is 0 Å². The second kappa shape index (κ2) is 7.88. The van der Waals surface area contributed by atoms with E-state index < -0.39 is 11.1 Å². The number of nitrogens with one attached hydrogen (secondary N) is 1. The predicted molar refractivity (Wildman–Crippen MR) is 99.8 cm³/mol. The van der Waals surface area contributed by atoms with E-state index in [-0.39, 0.29) is 16.2 Å². The maximum atomic E-state index is 13.1. The lowest BCUT2D eigenvalue weighted by atomic mass is 10.1. The van der Waals surface area contributed by atoms with Gasteiger partial charge in [-0.2, -0.15) is 0 Å². The van der Waals surface area contributed by atoms with Crippen molar-refractivity contribution in [3.8, 4) is 11.5 Å². The van der Waals surface area contributed by atoms with Crippen LogP contribution >= 0.6 is 23.4 Å². The maximum absolute atomic E-state index is 13.1. The molecule has 26 heavy (non-hydrogen) atoms. The average Bonchev–Trinajstić information content (AvgIpc) is 3.06. The molecule has 3 aromatic rings. The van der Waals surface area contributed by atoms with Crippen LogP contribution in [0.5, 0.6) is 0 Å². The Morgan fingerprint density at radius 1 is 1.23 bits per heavy atom. The van der Waals surface area contributed by atoms with Crippen molar-refractivity contribution >= 4 is 35.0 Å². The predicted octanol–water partition coefficient (Wildman–Crippen LogP) is 4.96. The minimum atomic E-state index is -0.512. The van der Waals surface area contributed by atoms with Crippen LogP contribution in [0.25, 0.3) is 11.5 Å². The second-order valence-corrected chi connectivity index (χ2v) is 7.31. The molecule has 1 amide bonds. The van der Waals surface area contributed by atoms with Crippen LogP contribution in [0.2, 0.25) is 5.02 Å². The number of thioether (sulfide) groups is 1. The summed E-state index contributed by atoms with van der Waals surface area (Å²) in [5, 5.41) is 10.5. The number of carbonyl (C=O) groups is 1. The van der Waals surface area contributed by atoms with Gasteiger partial charge in [-0.3, -0.25) is 4.79 Å². The van der Waals surface area contributed by atoms with Crippen molar-refractivity contribution in [1.29, 1.82) is 0 Å². The molecule has 5 nitrogen and oxygen atoms in total. The summed E-state index contributed by atoms with van der Waals surface area (Å²) in [6.45, 7) is 3.69. The van der Waals surface area contributed by atoms with Crippen molar-refractivity contribution in [3.05, 3.63) is 58.9 Å².